The molecule has 0 aliphatic rings. The van der Waals surface area contributed by atoms with Gasteiger partial charge in [-0.3, -0.25) is 4.99 Å². The molecule has 0 spiro atoms. The van der Waals surface area contributed by atoms with Crippen LogP contribution >= 0.6 is 27.3 Å². The first-order chi connectivity index (χ1) is 8.40. The zero-order valence-corrected chi connectivity index (χ0v) is 12.0. The van der Waals surface area contributed by atoms with E-state index in [1.165, 1.54) is 7.05 Å². The highest BCUT2D eigenvalue weighted by molar-refractivity contribution is 9.10. The molecule has 0 radical (unpaired) electrons. The smallest absolute Gasteiger partial charge is 0.356 e. The summed E-state index contributed by atoms with van der Waals surface area (Å²) in [5.41, 5.74) is 0. The third kappa shape index (κ3) is 6.25. The van der Waals surface area contributed by atoms with Crippen LogP contribution in [0.5, 0.6) is 0 Å². The van der Waals surface area contributed by atoms with Crippen LogP contribution in [0.15, 0.2) is 20.9 Å². The molecule has 18 heavy (non-hydrogen) atoms. The molecule has 0 bridgehead atoms. The molecule has 102 valence electrons. The Morgan fingerprint density at radius 3 is 2.67 bits per heavy atom. The Morgan fingerprint density at radius 1 is 1.44 bits per heavy atom. The Kier molecular flexibility index (Phi) is 5.94. The fourth-order valence-corrected chi connectivity index (χ4v) is 2.55. The molecule has 0 saturated heterocycles. The second kappa shape index (κ2) is 6.98. The lowest BCUT2D eigenvalue weighted by atomic mass is 10.4. The molecular formula is C10H13BrF3N3S. The molecule has 0 aliphatic heterocycles. The maximum atomic E-state index is 12.0. The number of guanidine groups is 1. The number of alkyl halides is 3. The molecule has 1 aromatic heterocycles. The van der Waals surface area contributed by atoms with Crippen LogP contribution in [-0.2, 0) is 6.54 Å². The Balaban J connectivity index is 2.30. The van der Waals surface area contributed by atoms with Crippen LogP contribution in [0.25, 0.3) is 0 Å². The molecule has 0 aromatic carbocycles. The molecule has 0 saturated carbocycles. The van der Waals surface area contributed by atoms with Crippen LogP contribution in [0.1, 0.15) is 11.3 Å². The van der Waals surface area contributed by atoms with Gasteiger partial charge in [-0.15, -0.1) is 11.3 Å². The summed E-state index contributed by atoms with van der Waals surface area (Å²) in [7, 11) is 1.52. The predicted molar refractivity (Wildman–Crippen MR) is 70.9 cm³/mol. The van der Waals surface area contributed by atoms with Crippen molar-refractivity contribution in [3.8, 4) is 0 Å². The normalized spacial score (nSPS) is 12.6. The number of aliphatic imine (C=N–C) groups is 1. The number of nitrogens with one attached hydrogen (secondary N) is 2. The molecule has 1 heterocycles. The standard InChI is InChI=1S/C10H13BrF3N3S/c1-15-9(16-3-2-10(12,13)14)17-5-8-4-7(11)6-18-8/h4,6H,2-3,5H2,1H3,(H2,15,16,17). The first-order valence-electron chi connectivity index (χ1n) is 5.15. The van der Waals surface area contributed by atoms with E-state index < -0.39 is 12.6 Å². The van der Waals surface area contributed by atoms with Crippen LogP contribution < -0.4 is 10.6 Å². The number of hydrogen-bond donors (Lipinski definition) is 2. The first kappa shape index (κ1) is 15.3. The number of nitrogens with zero attached hydrogens (tertiary/aromatic N) is 1. The molecule has 0 unspecified atom stereocenters. The van der Waals surface area contributed by atoms with Gasteiger partial charge in [0.15, 0.2) is 5.96 Å². The average molecular weight is 344 g/mol. The van der Waals surface area contributed by atoms with Crippen molar-refractivity contribution in [3.05, 3.63) is 20.8 Å². The second-order valence-corrected chi connectivity index (χ2v) is 5.36. The molecule has 1 aromatic rings. The van der Waals surface area contributed by atoms with Gasteiger partial charge >= 0.3 is 6.18 Å². The van der Waals surface area contributed by atoms with E-state index in [1.807, 2.05) is 11.4 Å². The van der Waals surface area contributed by atoms with Crippen LogP contribution in [0.2, 0.25) is 0 Å². The van der Waals surface area contributed by atoms with Gasteiger partial charge in [-0.05, 0) is 22.0 Å². The van der Waals surface area contributed by atoms with Crippen LogP contribution in [0.4, 0.5) is 13.2 Å². The number of thiophene rings is 1. The van der Waals surface area contributed by atoms with Gasteiger partial charge in [-0.25, -0.2) is 0 Å². The number of rotatable bonds is 4. The van der Waals surface area contributed by atoms with Crippen molar-refractivity contribution in [2.45, 2.75) is 19.1 Å². The number of hydrogen-bond acceptors (Lipinski definition) is 2. The second-order valence-electron chi connectivity index (χ2n) is 3.45. The monoisotopic (exact) mass is 343 g/mol. The summed E-state index contributed by atoms with van der Waals surface area (Å²) in [5, 5.41) is 7.50. The van der Waals surface area contributed by atoms with E-state index in [0.717, 1.165) is 9.35 Å². The molecule has 0 fully saturated rings. The fourth-order valence-electron chi connectivity index (χ4n) is 1.16. The quantitative estimate of drug-likeness (QED) is 0.650. The minimum atomic E-state index is -4.15. The van der Waals surface area contributed by atoms with E-state index in [-0.39, 0.29) is 6.54 Å². The summed E-state index contributed by atoms with van der Waals surface area (Å²) >= 11 is 4.89. The van der Waals surface area contributed by atoms with Crippen molar-refractivity contribution in [3.63, 3.8) is 0 Å². The number of halogens is 4. The molecule has 0 atom stereocenters. The van der Waals surface area contributed by atoms with E-state index in [2.05, 4.69) is 31.6 Å². The van der Waals surface area contributed by atoms with Gasteiger partial charge in [0.1, 0.15) is 0 Å². The van der Waals surface area contributed by atoms with Crippen molar-refractivity contribution in [2.75, 3.05) is 13.6 Å². The summed E-state index contributed by atoms with van der Waals surface area (Å²) < 4.78 is 36.9. The first-order valence-corrected chi connectivity index (χ1v) is 6.82. The van der Waals surface area contributed by atoms with Crippen LogP contribution in [0, 0.1) is 0 Å². The van der Waals surface area contributed by atoms with Gasteiger partial charge in [0.25, 0.3) is 0 Å². The third-order valence-corrected chi connectivity index (χ3v) is 3.67. The Bertz CT molecular complexity index is 403. The zero-order chi connectivity index (χ0) is 13.6. The van der Waals surface area contributed by atoms with Crippen LogP contribution in [-0.4, -0.2) is 25.7 Å². The van der Waals surface area contributed by atoms with Crippen molar-refractivity contribution in [1.29, 1.82) is 0 Å². The highest BCUT2D eigenvalue weighted by Gasteiger charge is 2.26. The van der Waals surface area contributed by atoms with Gasteiger partial charge in [0.2, 0.25) is 0 Å². The van der Waals surface area contributed by atoms with Crippen molar-refractivity contribution in [1.82, 2.24) is 10.6 Å². The maximum Gasteiger partial charge on any atom is 0.390 e. The van der Waals surface area contributed by atoms with Gasteiger partial charge in [0.05, 0.1) is 13.0 Å². The van der Waals surface area contributed by atoms with E-state index in [0.29, 0.717) is 12.5 Å². The van der Waals surface area contributed by atoms with Gasteiger partial charge in [-0.2, -0.15) is 13.2 Å². The Hall–Kier alpha value is -0.760. The molecule has 2 N–H and O–H groups in total. The van der Waals surface area contributed by atoms with E-state index in [1.54, 1.807) is 11.3 Å². The lowest BCUT2D eigenvalue weighted by molar-refractivity contribution is -0.132. The topological polar surface area (TPSA) is 36.4 Å². The van der Waals surface area contributed by atoms with Crippen molar-refractivity contribution in [2.24, 2.45) is 4.99 Å². The minimum absolute atomic E-state index is 0.183. The largest absolute Gasteiger partial charge is 0.390 e. The van der Waals surface area contributed by atoms with Gasteiger partial charge in [-0.1, -0.05) is 0 Å². The molecule has 8 heteroatoms. The molecular weight excluding hydrogens is 331 g/mol. The molecule has 0 aliphatic carbocycles. The van der Waals surface area contributed by atoms with Crippen LogP contribution in [0.3, 0.4) is 0 Å². The lowest BCUT2D eigenvalue weighted by Gasteiger charge is -2.12. The zero-order valence-electron chi connectivity index (χ0n) is 9.64. The SMILES string of the molecule is CN=C(NCCC(F)(F)F)NCc1cc(Br)cs1. The predicted octanol–water partition coefficient (Wildman–Crippen LogP) is 3.13. The minimum Gasteiger partial charge on any atom is -0.356 e. The van der Waals surface area contributed by atoms with E-state index >= 15 is 0 Å². The Labute approximate surface area is 116 Å². The summed E-state index contributed by atoms with van der Waals surface area (Å²) in [6, 6.07) is 1.95. The maximum absolute atomic E-state index is 12.0. The fraction of sp³-hybridized carbons (Fsp3) is 0.500. The Morgan fingerprint density at radius 2 is 2.17 bits per heavy atom. The summed E-state index contributed by atoms with van der Waals surface area (Å²) in [6.45, 7) is 0.346. The lowest BCUT2D eigenvalue weighted by Crippen LogP contribution is -2.38. The summed E-state index contributed by atoms with van der Waals surface area (Å²) in [4.78, 5) is 4.92. The van der Waals surface area contributed by atoms with Crippen molar-refractivity contribution >= 4 is 33.2 Å². The average Bonchev–Trinajstić information content (AvgIpc) is 2.67. The summed E-state index contributed by atoms with van der Waals surface area (Å²) in [5.74, 6) is 0.365. The van der Waals surface area contributed by atoms with E-state index in [9.17, 15) is 13.2 Å². The van der Waals surface area contributed by atoms with Gasteiger partial charge < -0.3 is 10.6 Å². The molecule has 1 rings (SSSR count). The van der Waals surface area contributed by atoms with E-state index in [4.69, 9.17) is 0 Å². The molecule has 3 nitrogen and oxygen atoms in total. The van der Waals surface area contributed by atoms with Gasteiger partial charge in [0, 0.05) is 28.3 Å². The highest BCUT2D eigenvalue weighted by Crippen LogP contribution is 2.19. The third-order valence-electron chi connectivity index (χ3n) is 1.98. The summed E-state index contributed by atoms with van der Waals surface area (Å²) in [6.07, 6.45) is -5.03. The highest BCUT2D eigenvalue weighted by atomic mass is 79.9. The molecule has 0 amide bonds. The van der Waals surface area contributed by atoms with Crippen molar-refractivity contribution < 1.29 is 13.2 Å².